The van der Waals surface area contributed by atoms with E-state index in [4.69, 9.17) is 9.84 Å². The molecule has 0 aliphatic heterocycles. The van der Waals surface area contributed by atoms with Gasteiger partial charge < -0.3 is 9.84 Å². The number of ether oxygens (including phenoxy) is 1. The first kappa shape index (κ1) is 14.9. The number of carboxylic acid groups (broad SMARTS) is 1. The third kappa shape index (κ3) is 7.26. The molecule has 4 nitrogen and oxygen atoms in total. The summed E-state index contributed by atoms with van der Waals surface area (Å²) in [4.78, 5) is 22.0. The molecule has 0 amide bonds. The van der Waals surface area contributed by atoms with Gasteiger partial charge >= 0.3 is 11.9 Å². The minimum Gasteiger partial charge on any atom is -0.481 e. The normalized spacial score (nSPS) is 12.5. The van der Waals surface area contributed by atoms with Gasteiger partial charge in [-0.3, -0.25) is 9.59 Å². The van der Waals surface area contributed by atoms with Gasteiger partial charge in [-0.05, 0) is 25.7 Å². The van der Waals surface area contributed by atoms with Gasteiger partial charge in [0, 0.05) is 6.42 Å². The summed E-state index contributed by atoms with van der Waals surface area (Å²) in [5, 5.41) is 8.60. The Kier molecular flexibility index (Phi) is 7.60. The van der Waals surface area contributed by atoms with Gasteiger partial charge in [0.25, 0.3) is 0 Å². The van der Waals surface area contributed by atoms with Crippen LogP contribution in [0.5, 0.6) is 0 Å². The van der Waals surface area contributed by atoms with Crippen molar-refractivity contribution >= 4 is 11.9 Å². The van der Waals surface area contributed by atoms with Crippen molar-refractivity contribution in [3.8, 4) is 0 Å². The molecule has 0 aliphatic rings. The summed E-state index contributed by atoms with van der Waals surface area (Å²) in [6.45, 7) is 6.28. The number of aliphatic carboxylic acids is 1. The highest BCUT2D eigenvalue weighted by Crippen LogP contribution is 2.18. The van der Waals surface area contributed by atoms with Gasteiger partial charge in [0.15, 0.2) is 0 Å². The molecule has 0 saturated heterocycles. The first-order valence-electron chi connectivity index (χ1n) is 5.85. The average molecular weight is 230 g/mol. The predicted octanol–water partition coefficient (Wildman–Crippen LogP) is 2.47. The molecule has 0 aromatic carbocycles. The zero-order chi connectivity index (χ0) is 12.6. The van der Waals surface area contributed by atoms with Crippen LogP contribution in [0.1, 0.15) is 46.5 Å². The summed E-state index contributed by atoms with van der Waals surface area (Å²) in [7, 11) is 0. The van der Waals surface area contributed by atoms with E-state index in [0.717, 1.165) is 6.42 Å². The van der Waals surface area contributed by atoms with Gasteiger partial charge in [-0.15, -0.1) is 0 Å². The first-order chi connectivity index (χ1) is 7.47. The molecule has 0 radical (unpaired) electrons. The van der Waals surface area contributed by atoms with E-state index in [9.17, 15) is 9.59 Å². The summed E-state index contributed by atoms with van der Waals surface area (Å²) < 4.78 is 4.94. The smallest absolute Gasteiger partial charge is 0.308 e. The van der Waals surface area contributed by atoms with Crippen LogP contribution in [-0.2, 0) is 14.3 Å². The SMILES string of the molecule is CCOC(=O)C(CCC(=O)O)CCC(C)C. The molecule has 0 spiro atoms. The summed E-state index contributed by atoms with van der Waals surface area (Å²) in [6.07, 6.45) is 2.04. The largest absolute Gasteiger partial charge is 0.481 e. The number of carbonyl (C=O) groups is 2. The lowest BCUT2D eigenvalue weighted by Gasteiger charge is -2.15. The number of hydrogen-bond donors (Lipinski definition) is 1. The van der Waals surface area contributed by atoms with Crippen molar-refractivity contribution < 1.29 is 19.4 Å². The minimum absolute atomic E-state index is 0.0293. The zero-order valence-corrected chi connectivity index (χ0v) is 10.4. The Morgan fingerprint density at radius 3 is 2.25 bits per heavy atom. The van der Waals surface area contributed by atoms with Crippen LogP contribution >= 0.6 is 0 Å². The van der Waals surface area contributed by atoms with Crippen LogP contribution in [0, 0.1) is 11.8 Å². The van der Waals surface area contributed by atoms with Gasteiger partial charge in [0.2, 0.25) is 0 Å². The molecule has 1 unspecified atom stereocenters. The van der Waals surface area contributed by atoms with Crippen LogP contribution in [0.25, 0.3) is 0 Å². The van der Waals surface area contributed by atoms with Gasteiger partial charge in [-0.1, -0.05) is 20.3 Å². The molecule has 0 saturated carbocycles. The maximum atomic E-state index is 11.6. The Morgan fingerprint density at radius 2 is 1.81 bits per heavy atom. The van der Waals surface area contributed by atoms with Crippen LogP contribution < -0.4 is 0 Å². The molecule has 0 bridgehead atoms. The minimum atomic E-state index is -0.862. The lowest BCUT2D eigenvalue weighted by molar-refractivity contribution is -0.149. The second kappa shape index (κ2) is 8.13. The summed E-state index contributed by atoms with van der Waals surface area (Å²) in [5.74, 6) is -0.872. The van der Waals surface area contributed by atoms with E-state index in [1.807, 2.05) is 0 Å². The fourth-order valence-corrected chi connectivity index (χ4v) is 1.47. The average Bonchev–Trinajstić information content (AvgIpc) is 2.17. The molecule has 1 atom stereocenters. The predicted molar refractivity (Wildman–Crippen MR) is 61.1 cm³/mol. The van der Waals surface area contributed by atoms with Crippen LogP contribution in [0.15, 0.2) is 0 Å². The third-order valence-corrected chi connectivity index (χ3v) is 2.42. The molecule has 0 aromatic heterocycles. The van der Waals surface area contributed by atoms with Crippen molar-refractivity contribution in [2.75, 3.05) is 6.61 Å². The standard InChI is InChI=1S/C12H22O4/c1-4-16-12(15)10(6-5-9(2)3)7-8-11(13)14/h9-10H,4-8H2,1-3H3,(H,13,14). The first-order valence-corrected chi connectivity index (χ1v) is 5.85. The molecule has 16 heavy (non-hydrogen) atoms. The Labute approximate surface area is 97.0 Å². The molecule has 1 N–H and O–H groups in total. The van der Waals surface area contributed by atoms with Crippen LogP contribution in [0.4, 0.5) is 0 Å². The Balaban J connectivity index is 4.14. The van der Waals surface area contributed by atoms with Crippen LogP contribution in [0.3, 0.4) is 0 Å². The van der Waals surface area contributed by atoms with E-state index in [2.05, 4.69) is 13.8 Å². The topological polar surface area (TPSA) is 63.6 Å². The number of hydrogen-bond acceptors (Lipinski definition) is 3. The van der Waals surface area contributed by atoms with Gasteiger partial charge in [0.1, 0.15) is 0 Å². The molecule has 0 heterocycles. The van der Waals surface area contributed by atoms with Crippen molar-refractivity contribution in [1.29, 1.82) is 0 Å². The highest BCUT2D eigenvalue weighted by molar-refractivity contribution is 5.73. The Bertz CT molecular complexity index is 223. The lowest BCUT2D eigenvalue weighted by atomic mass is 9.94. The monoisotopic (exact) mass is 230 g/mol. The molecule has 94 valence electrons. The molecule has 0 fully saturated rings. The lowest BCUT2D eigenvalue weighted by Crippen LogP contribution is -2.19. The maximum Gasteiger partial charge on any atom is 0.308 e. The van der Waals surface area contributed by atoms with E-state index in [0.29, 0.717) is 25.4 Å². The Morgan fingerprint density at radius 1 is 1.19 bits per heavy atom. The van der Waals surface area contributed by atoms with Crippen molar-refractivity contribution in [2.45, 2.75) is 46.5 Å². The molecule has 0 rings (SSSR count). The van der Waals surface area contributed by atoms with Crippen molar-refractivity contribution in [2.24, 2.45) is 11.8 Å². The van der Waals surface area contributed by atoms with E-state index >= 15 is 0 Å². The van der Waals surface area contributed by atoms with Crippen molar-refractivity contribution in [1.82, 2.24) is 0 Å². The number of carboxylic acids is 1. The quantitative estimate of drug-likeness (QED) is 0.650. The molecular formula is C12H22O4. The van der Waals surface area contributed by atoms with Gasteiger partial charge in [0.05, 0.1) is 12.5 Å². The van der Waals surface area contributed by atoms with E-state index in [-0.39, 0.29) is 18.3 Å². The fourth-order valence-electron chi connectivity index (χ4n) is 1.47. The third-order valence-electron chi connectivity index (χ3n) is 2.42. The molecule has 0 aliphatic carbocycles. The van der Waals surface area contributed by atoms with Crippen LogP contribution in [-0.4, -0.2) is 23.7 Å². The summed E-state index contributed by atoms with van der Waals surface area (Å²) in [5.41, 5.74) is 0. The van der Waals surface area contributed by atoms with E-state index in [1.54, 1.807) is 6.92 Å². The summed E-state index contributed by atoms with van der Waals surface area (Å²) >= 11 is 0. The Hall–Kier alpha value is -1.06. The molecule has 0 aromatic rings. The van der Waals surface area contributed by atoms with Crippen LogP contribution in [0.2, 0.25) is 0 Å². The van der Waals surface area contributed by atoms with Crippen molar-refractivity contribution in [3.05, 3.63) is 0 Å². The van der Waals surface area contributed by atoms with Gasteiger partial charge in [-0.25, -0.2) is 0 Å². The van der Waals surface area contributed by atoms with Crippen molar-refractivity contribution in [3.63, 3.8) is 0 Å². The number of carbonyl (C=O) groups excluding carboxylic acids is 1. The van der Waals surface area contributed by atoms with E-state index in [1.165, 1.54) is 0 Å². The molecule has 4 heteroatoms. The highest BCUT2D eigenvalue weighted by atomic mass is 16.5. The fraction of sp³-hybridized carbons (Fsp3) is 0.833. The second-order valence-electron chi connectivity index (χ2n) is 4.35. The molecular weight excluding hydrogens is 208 g/mol. The maximum absolute atomic E-state index is 11.6. The number of esters is 1. The zero-order valence-electron chi connectivity index (χ0n) is 10.4. The second-order valence-corrected chi connectivity index (χ2v) is 4.35. The van der Waals surface area contributed by atoms with Gasteiger partial charge in [-0.2, -0.15) is 0 Å². The highest BCUT2D eigenvalue weighted by Gasteiger charge is 2.20. The summed E-state index contributed by atoms with van der Waals surface area (Å²) in [6, 6.07) is 0. The number of rotatable bonds is 8. The van der Waals surface area contributed by atoms with E-state index < -0.39 is 5.97 Å².